The third kappa shape index (κ3) is 0.889. The molecule has 3 atom stereocenters. The van der Waals surface area contributed by atoms with Crippen LogP contribution in [0.2, 0.25) is 0 Å². The standard InChI is InChI=1S/C9H16/c1-7-5-8-3-2-4-9(8)6-7/h7-9H,2-6H2,1H3/t7?,8-,9?/m1/s1. The molecular weight excluding hydrogens is 108 g/mol. The smallest absolute Gasteiger partial charge is 0.0383 e. The van der Waals surface area contributed by atoms with Crippen LogP contribution < -0.4 is 0 Å². The van der Waals surface area contributed by atoms with Crippen LogP contribution in [0.15, 0.2) is 0 Å². The summed E-state index contributed by atoms with van der Waals surface area (Å²) in [5.74, 6) is 3.36. The zero-order valence-corrected chi connectivity index (χ0v) is 6.27. The Morgan fingerprint density at radius 2 is 1.56 bits per heavy atom. The molecule has 0 saturated heterocycles. The molecule has 0 heterocycles. The van der Waals surface area contributed by atoms with Crippen molar-refractivity contribution in [1.82, 2.24) is 0 Å². The van der Waals surface area contributed by atoms with Gasteiger partial charge in [-0.1, -0.05) is 26.2 Å². The lowest BCUT2D eigenvalue weighted by atomic mass is 10.0. The largest absolute Gasteiger partial charge is 0.0625 e. The van der Waals surface area contributed by atoms with Crippen LogP contribution in [0.3, 0.4) is 0 Å². The lowest BCUT2D eigenvalue weighted by molar-refractivity contribution is 0.457. The molecule has 2 fully saturated rings. The van der Waals surface area contributed by atoms with Gasteiger partial charge in [0.2, 0.25) is 0 Å². The second-order valence-electron chi connectivity index (χ2n) is 4.03. The van der Waals surface area contributed by atoms with Crippen molar-refractivity contribution in [1.29, 1.82) is 0 Å². The summed E-state index contributed by atoms with van der Waals surface area (Å²) in [6, 6.07) is 0. The van der Waals surface area contributed by atoms with E-state index in [-0.39, 0.29) is 0 Å². The minimum Gasteiger partial charge on any atom is -0.0625 e. The Morgan fingerprint density at radius 1 is 1.00 bits per heavy atom. The van der Waals surface area contributed by atoms with Gasteiger partial charge in [-0.05, 0) is 30.6 Å². The molecule has 2 unspecified atom stereocenters. The fourth-order valence-electron chi connectivity index (χ4n) is 2.86. The highest BCUT2D eigenvalue weighted by atomic mass is 14.4. The Morgan fingerprint density at radius 3 is 2.11 bits per heavy atom. The molecule has 0 aromatic heterocycles. The Balaban J connectivity index is 2.02. The van der Waals surface area contributed by atoms with Gasteiger partial charge >= 0.3 is 0 Å². The van der Waals surface area contributed by atoms with Crippen molar-refractivity contribution in [2.75, 3.05) is 0 Å². The molecule has 2 rings (SSSR count). The van der Waals surface area contributed by atoms with Crippen molar-refractivity contribution >= 4 is 0 Å². The van der Waals surface area contributed by atoms with Crippen LogP contribution in [0, 0.1) is 17.8 Å². The average molecular weight is 124 g/mol. The first kappa shape index (κ1) is 5.76. The fourth-order valence-corrected chi connectivity index (χ4v) is 2.86. The first-order valence-electron chi connectivity index (χ1n) is 4.36. The highest BCUT2D eigenvalue weighted by molar-refractivity contribution is 4.85. The van der Waals surface area contributed by atoms with Gasteiger partial charge in [0, 0.05) is 0 Å². The topological polar surface area (TPSA) is 0 Å². The fraction of sp³-hybridized carbons (Fsp3) is 1.00. The molecule has 0 N–H and O–H groups in total. The molecule has 52 valence electrons. The van der Waals surface area contributed by atoms with Crippen LogP contribution in [0.1, 0.15) is 39.0 Å². The van der Waals surface area contributed by atoms with Gasteiger partial charge < -0.3 is 0 Å². The monoisotopic (exact) mass is 124 g/mol. The highest BCUT2D eigenvalue weighted by Gasteiger charge is 2.34. The summed E-state index contributed by atoms with van der Waals surface area (Å²) < 4.78 is 0. The van der Waals surface area contributed by atoms with E-state index in [1.54, 1.807) is 25.7 Å². The van der Waals surface area contributed by atoms with Crippen LogP contribution in [0.5, 0.6) is 0 Å². The molecule has 0 amide bonds. The zero-order valence-electron chi connectivity index (χ0n) is 6.27. The molecule has 0 nitrogen and oxygen atoms in total. The zero-order chi connectivity index (χ0) is 6.27. The van der Waals surface area contributed by atoms with E-state index in [1.165, 1.54) is 6.42 Å². The maximum Gasteiger partial charge on any atom is -0.0383 e. The molecule has 0 heteroatoms. The number of hydrogen-bond donors (Lipinski definition) is 0. The molecule has 0 spiro atoms. The maximum atomic E-state index is 2.42. The number of fused-ring (bicyclic) bond motifs is 1. The summed E-state index contributed by atoms with van der Waals surface area (Å²) in [6.07, 6.45) is 7.72. The van der Waals surface area contributed by atoms with E-state index in [4.69, 9.17) is 0 Å². The van der Waals surface area contributed by atoms with E-state index in [9.17, 15) is 0 Å². The SMILES string of the molecule is CC1CC2CCC[C@@H]2C1. The Labute approximate surface area is 57.6 Å². The third-order valence-corrected chi connectivity index (χ3v) is 3.23. The van der Waals surface area contributed by atoms with Crippen molar-refractivity contribution in [2.24, 2.45) is 17.8 Å². The highest BCUT2D eigenvalue weighted by Crippen LogP contribution is 2.46. The molecule has 2 saturated carbocycles. The summed E-state index contributed by atoms with van der Waals surface area (Å²) >= 11 is 0. The van der Waals surface area contributed by atoms with Crippen LogP contribution in [-0.4, -0.2) is 0 Å². The molecule has 2 aliphatic rings. The van der Waals surface area contributed by atoms with Gasteiger partial charge in [-0.2, -0.15) is 0 Å². The van der Waals surface area contributed by atoms with Gasteiger partial charge in [-0.15, -0.1) is 0 Å². The van der Waals surface area contributed by atoms with Crippen LogP contribution in [-0.2, 0) is 0 Å². The quantitative estimate of drug-likeness (QED) is 0.466. The second kappa shape index (κ2) is 2.00. The molecule has 0 aromatic carbocycles. The van der Waals surface area contributed by atoms with Crippen molar-refractivity contribution in [3.8, 4) is 0 Å². The lowest BCUT2D eigenvalue weighted by Gasteiger charge is -2.04. The first-order chi connectivity index (χ1) is 4.36. The van der Waals surface area contributed by atoms with Crippen LogP contribution >= 0.6 is 0 Å². The summed E-state index contributed by atoms with van der Waals surface area (Å²) in [4.78, 5) is 0. The molecule has 0 aliphatic heterocycles. The molecule has 0 bridgehead atoms. The van der Waals surface area contributed by atoms with Crippen molar-refractivity contribution in [3.05, 3.63) is 0 Å². The van der Waals surface area contributed by atoms with Gasteiger partial charge in [0.1, 0.15) is 0 Å². The maximum absolute atomic E-state index is 2.42. The molecule has 0 radical (unpaired) electrons. The molecule has 0 aromatic rings. The minimum atomic E-state index is 1.06. The van der Waals surface area contributed by atoms with E-state index in [1.807, 2.05) is 0 Å². The third-order valence-electron chi connectivity index (χ3n) is 3.23. The lowest BCUT2D eigenvalue weighted by Crippen LogP contribution is -1.95. The normalized spacial score (nSPS) is 49.7. The second-order valence-corrected chi connectivity index (χ2v) is 4.03. The Bertz CT molecular complexity index is 94.6. The summed E-state index contributed by atoms with van der Waals surface area (Å²) in [7, 11) is 0. The van der Waals surface area contributed by atoms with Gasteiger partial charge in [-0.3, -0.25) is 0 Å². The van der Waals surface area contributed by atoms with E-state index < -0.39 is 0 Å². The van der Waals surface area contributed by atoms with Crippen molar-refractivity contribution < 1.29 is 0 Å². The first-order valence-corrected chi connectivity index (χ1v) is 4.36. The van der Waals surface area contributed by atoms with Gasteiger partial charge in [-0.25, -0.2) is 0 Å². The Kier molecular flexibility index (Phi) is 1.28. The van der Waals surface area contributed by atoms with Crippen molar-refractivity contribution in [3.63, 3.8) is 0 Å². The van der Waals surface area contributed by atoms with E-state index in [2.05, 4.69) is 6.92 Å². The predicted octanol–water partition coefficient (Wildman–Crippen LogP) is 2.83. The number of rotatable bonds is 0. The predicted molar refractivity (Wildman–Crippen MR) is 39.2 cm³/mol. The Hall–Kier alpha value is 0. The summed E-state index contributed by atoms with van der Waals surface area (Å²) in [5, 5.41) is 0. The molecule has 2 aliphatic carbocycles. The molecular formula is C9H16. The van der Waals surface area contributed by atoms with E-state index in [0.717, 1.165) is 17.8 Å². The summed E-state index contributed by atoms with van der Waals surface area (Å²) in [5.41, 5.74) is 0. The van der Waals surface area contributed by atoms with Gasteiger partial charge in [0.15, 0.2) is 0 Å². The minimum absolute atomic E-state index is 1.06. The average Bonchev–Trinajstić information content (AvgIpc) is 2.22. The summed E-state index contributed by atoms with van der Waals surface area (Å²) in [6.45, 7) is 2.42. The van der Waals surface area contributed by atoms with E-state index >= 15 is 0 Å². The van der Waals surface area contributed by atoms with E-state index in [0.29, 0.717) is 0 Å². The molecule has 9 heavy (non-hydrogen) atoms. The van der Waals surface area contributed by atoms with Gasteiger partial charge in [0.05, 0.1) is 0 Å². The van der Waals surface area contributed by atoms with Gasteiger partial charge in [0.25, 0.3) is 0 Å². The van der Waals surface area contributed by atoms with Crippen LogP contribution in [0.25, 0.3) is 0 Å². The van der Waals surface area contributed by atoms with Crippen LogP contribution in [0.4, 0.5) is 0 Å². The number of hydrogen-bond acceptors (Lipinski definition) is 0. The van der Waals surface area contributed by atoms with Crippen molar-refractivity contribution in [2.45, 2.75) is 39.0 Å².